The number of aryl methyl sites for hydroxylation is 1. The van der Waals surface area contributed by atoms with Crippen molar-refractivity contribution in [1.29, 1.82) is 0 Å². The maximum Gasteiger partial charge on any atom is 0.316 e. The van der Waals surface area contributed by atoms with Crippen LogP contribution < -0.4 is 16.9 Å². The van der Waals surface area contributed by atoms with Crippen LogP contribution in [-0.4, -0.2) is 40.0 Å². The Bertz CT molecular complexity index is 828. The molecule has 8 heteroatoms. The first kappa shape index (κ1) is 18.9. The van der Waals surface area contributed by atoms with Crippen LogP contribution in [0.2, 0.25) is 0 Å². The van der Waals surface area contributed by atoms with Crippen molar-refractivity contribution < 1.29 is 4.79 Å². The van der Waals surface area contributed by atoms with Gasteiger partial charge in [0.25, 0.3) is 5.91 Å². The molecule has 0 bridgehead atoms. The summed E-state index contributed by atoms with van der Waals surface area (Å²) in [7, 11) is 1.68. The standard InChI is InChI=1S/C15H20N4O3.ClH/c1-4-19-12-6-5-10(14(21)18(3)9(2)8-16)7-11(12)17-13(20)15(19)22;/h5-7,9H,4,8,16H2,1-3H3,(H,17,20);1H. The van der Waals surface area contributed by atoms with Crippen molar-refractivity contribution in [2.24, 2.45) is 5.73 Å². The Morgan fingerprint density at radius 3 is 2.61 bits per heavy atom. The zero-order chi connectivity index (χ0) is 16.4. The van der Waals surface area contributed by atoms with E-state index in [1.54, 1.807) is 37.1 Å². The Hall–Kier alpha value is -2.12. The number of likely N-dealkylation sites (N-methyl/N-ethyl adjacent to an activating group) is 1. The fourth-order valence-corrected chi connectivity index (χ4v) is 2.29. The number of H-pyrrole nitrogens is 1. The molecule has 0 aliphatic heterocycles. The van der Waals surface area contributed by atoms with Crippen LogP contribution in [0.1, 0.15) is 24.2 Å². The summed E-state index contributed by atoms with van der Waals surface area (Å²) in [6.45, 7) is 4.39. The molecule has 3 N–H and O–H groups in total. The molecule has 1 aromatic carbocycles. The number of carbonyl (C=O) groups is 1. The summed E-state index contributed by atoms with van der Waals surface area (Å²) in [4.78, 5) is 40.0. The molecule has 0 fully saturated rings. The number of nitrogens with zero attached hydrogens (tertiary/aromatic N) is 2. The predicted molar refractivity (Wildman–Crippen MR) is 92.4 cm³/mol. The molecule has 0 saturated carbocycles. The van der Waals surface area contributed by atoms with Crippen LogP contribution in [0, 0.1) is 0 Å². The van der Waals surface area contributed by atoms with Crippen LogP contribution in [0.15, 0.2) is 27.8 Å². The molecular weight excluding hydrogens is 320 g/mol. The summed E-state index contributed by atoms with van der Waals surface area (Å²) in [5, 5.41) is 0. The topological polar surface area (TPSA) is 101 Å². The number of halogens is 1. The van der Waals surface area contributed by atoms with E-state index in [-0.39, 0.29) is 24.4 Å². The van der Waals surface area contributed by atoms with Crippen LogP contribution in [0.5, 0.6) is 0 Å². The summed E-state index contributed by atoms with van der Waals surface area (Å²) in [6.07, 6.45) is 0. The molecule has 7 nitrogen and oxygen atoms in total. The molecule has 0 saturated heterocycles. The highest BCUT2D eigenvalue weighted by Crippen LogP contribution is 2.14. The fraction of sp³-hybridized carbons (Fsp3) is 0.400. The largest absolute Gasteiger partial charge is 0.338 e. The first-order valence-electron chi connectivity index (χ1n) is 7.14. The van der Waals surface area contributed by atoms with E-state index >= 15 is 0 Å². The molecule has 1 aromatic heterocycles. The number of benzene rings is 1. The molecule has 0 aliphatic carbocycles. The first-order valence-corrected chi connectivity index (χ1v) is 7.14. The minimum absolute atomic E-state index is 0. The van der Waals surface area contributed by atoms with Crippen molar-refractivity contribution in [3.05, 3.63) is 44.5 Å². The van der Waals surface area contributed by atoms with Crippen LogP contribution in [0.3, 0.4) is 0 Å². The second-order valence-corrected chi connectivity index (χ2v) is 5.24. The van der Waals surface area contributed by atoms with E-state index in [4.69, 9.17) is 5.73 Å². The summed E-state index contributed by atoms with van der Waals surface area (Å²) in [5.74, 6) is -0.185. The normalized spacial score (nSPS) is 11.8. The maximum atomic E-state index is 12.4. The summed E-state index contributed by atoms with van der Waals surface area (Å²) in [5.41, 5.74) is 5.78. The number of aromatic amines is 1. The number of aromatic nitrogens is 2. The van der Waals surface area contributed by atoms with E-state index in [0.717, 1.165) is 0 Å². The van der Waals surface area contributed by atoms with E-state index in [2.05, 4.69) is 4.98 Å². The number of rotatable bonds is 4. The van der Waals surface area contributed by atoms with E-state index in [9.17, 15) is 14.4 Å². The summed E-state index contributed by atoms with van der Waals surface area (Å²) in [6, 6.07) is 4.81. The monoisotopic (exact) mass is 340 g/mol. The average Bonchev–Trinajstić information content (AvgIpc) is 2.53. The lowest BCUT2D eigenvalue weighted by Crippen LogP contribution is -2.40. The molecule has 0 radical (unpaired) electrons. The summed E-state index contributed by atoms with van der Waals surface area (Å²) < 4.78 is 1.38. The Balaban J connectivity index is 0.00000264. The number of amides is 1. The lowest BCUT2D eigenvalue weighted by molar-refractivity contribution is 0.0748. The molecule has 1 atom stereocenters. The van der Waals surface area contributed by atoms with Gasteiger partial charge in [-0.2, -0.15) is 0 Å². The number of hydrogen-bond acceptors (Lipinski definition) is 4. The second kappa shape index (κ2) is 7.43. The van der Waals surface area contributed by atoms with E-state index in [0.29, 0.717) is 29.7 Å². The van der Waals surface area contributed by atoms with Crippen molar-refractivity contribution in [3.63, 3.8) is 0 Å². The average molecular weight is 341 g/mol. The minimum atomic E-state index is -0.692. The lowest BCUT2D eigenvalue weighted by atomic mass is 10.1. The number of carbonyl (C=O) groups excluding carboxylic acids is 1. The van der Waals surface area contributed by atoms with Gasteiger partial charge >= 0.3 is 11.1 Å². The van der Waals surface area contributed by atoms with Gasteiger partial charge in [0.1, 0.15) is 0 Å². The Kier molecular flexibility index (Phi) is 6.12. The van der Waals surface area contributed by atoms with Gasteiger partial charge in [-0.3, -0.25) is 14.4 Å². The highest BCUT2D eigenvalue weighted by molar-refractivity contribution is 5.97. The van der Waals surface area contributed by atoms with Crippen LogP contribution in [-0.2, 0) is 6.54 Å². The Labute approximate surface area is 139 Å². The van der Waals surface area contributed by atoms with Gasteiger partial charge < -0.3 is 20.2 Å². The molecule has 126 valence electrons. The van der Waals surface area contributed by atoms with Crippen LogP contribution in [0.25, 0.3) is 11.0 Å². The molecule has 0 spiro atoms. The molecule has 1 heterocycles. The van der Waals surface area contributed by atoms with Gasteiger partial charge in [-0.05, 0) is 32.0 Å². The highest BCUT2D eigenvalue weighted by Gasteiger charge is 2.17. The van der Waals surface area contributed by atoms with Crippen molar-refractivity contribution in [1.82, 2.24) is 14.5 Å². The maximum absolute atomic E-state index is 12.4. The number of fused-ring (bicyclic) bond motifs is 1. The minimum Gasteiger partial charge on any atom is -0.338 e. The third-order valence-corrected chi connectivity index (χ3v) is 3.86. The zero-order valence-electron chi connectivity index (χ0n) is 13.3. The van der Waals surface area contributed by atoms with Gasteiger partial charge in [0, 0.05) is 31.7 Å². The SMILES string of the molecule is CCn1c(=O)c(=O)[nH]c2cc(C(=O)N(C)C(C)CN)ccc21.Cl. The Morgan fingerprint density at radius 1 is 1.39 bits per heavy atom. The number of hydrogen-bond donors (Lipinski definition) is 2. The van der Waals surface area contributed by atoms with Crippen molar-refractivity contribution in [2.75, 3.05) is 13.6 Å². The Morgan fingerprint density at radius 2 is 2.04 bits per heavy atom. The predicted octanol–water partition coefficient (Wildman–Crippen LogP) is 0.551. The van der Waals surface area contributed by atoms with Crippen LogP contribution >= 0.6 is 12.4 Å². The molecule has 23 heavy (non-hydrogen) atoms. The summed E-state index contributed by atoms with van der Waals surface area (Å²) >= 11 is 0. The van der Waals surface area contributed by atoms with Gasteiger partial charge in [-0.25, -0.2) is 0 Å². The second-order valence-electron chi connectivity index (χ2n) is 5.24. The molecule has 1 amide bonds. The van der Waals surface area contributed by atoms with Crippen molar-refractivity contribution >= 4 is 29.3 Å². The smallest absolute Gasteiger partial charge is 0.316 e. The molecule has 1 unspecified atom stereocenters. The fourth-order valence-electron chi connectivity index (χ4n) is 2.29. The molecular formula is C15H21ClN4O3. The van der Waals surface area contributed by atoms with Gasteiger partial charge in [-0.15, -0.1) is 12.4 Å². The van der Waals surface area contributed by atoms with Gasteiger partial charge in [0.05, 0.1) is 11.0 Å². The number of nitrogens with one attached hydrogen (secondary N) is 1. The zero-order valence-corrected chi connectivity index (χ0v) is 14.1. The quantitative estimate of drug-likeness (QED) is 0.793. The highest BCUT2D eigenvalue weighted by atomic mass is 35.5. The van der Waals surface area contributed by atoms with Crippen molar-refractivity contribution in [2.45, 2.75) is 26.4 Å². The van der Waals surface area contributed by atoms with E-state index in [1.165, 1.54) is 4.57 Å². The van der Waals surface area contributed by atoms with Crippen molar-refractivity contribution in [3.8, 4) is 0 Å². The number of nitrogens with two attached hydrogens (primary N) is 1. The van der Waals surface area contributed by atoms with E-state index in [1.807, 2.05) is 6.92 Å². The molecule has 2 rings (SSSR count). The van der Waals surface area contributed by atoms with Crippen LogP contribution in [0.4, 0.5) is 0 Å². The molecule has 0 aliphatic rings. The first-order chi connectivity index (χ1) is 10.4. The van der Waals surface area contributed by atoms with E-state index < -0.39 is 11.1 Å². The van der Waals surface area contributed by atoms with Gasteiger partial charge in [0.15, 0.2) is 0 Å². The van der Waals surface area contributed by atoms with Gasteiger partial charge in [0.2, 0.25) is 0 Å². The third kappa shape index (κ3) is 3.46. The third-order valence-electron chi connectivity index (χ3n) is 3.86. The lowest BCUT2D eigenvalue weighted by Gasteiger charge is -2.23. The van der Waals surface area contributed by atoms with Gasteiger partial charge in [-0.1, -0.05) is 0 Å². The molecule has 2 aromatic rings.